The van der Waals surface area contributed by atoms with Crippen molar-refractivity contribution in [1.82, 2.24) is 4.98 Å². The van der Waals surface area contributed by atoms with E-state index in [9.17, 15) is 14.7 Å². The first kappa shape index (κ1) is 24.2. The van der Waals surface area contributed by atoms with Crippen LogP contribution in [0, 0.1) is 13.8 Å². The third-order valence-electron chi connectivity index (χ3n) is 7.07. The number of carbonyl (C=O) groups is 2. The fourth-order valence-corrected chi connectivity index (χ4v) is 6.49. The number of anilines is 1. The third kappa shape index (κ3) is 3.83. The highest BCUT2D eigenvalue weighted by atomic mass is 32.1. The molecule has 0 spiro atoms. The predicted octanol–water partition coefficient (Wildman–Crippen LogP) is 5.87. The lowest BCUT2D eigenvalue weighted by Crippen LogP contribution is -2.29. The van der Waals surface area contributed by atoms with Crippen molar-refractivity contribution in [3.63, 3.8) is 0 Å². The average Bonchev–Trinajstić information content (AvgIpc) is 3.56. The number of thiazole rings is 1. The standard InChI is InChI=1S/C30H26N2O5S/c1-15-11-16(2)25-23(12-15)38-30(31-25)32-26(18-5-8-21(36-4)9-6-18)24(28(34)29(32)35)27(33)19-7-10-22-20(14-19)13-17(3)37-22/h5-12,14,17,26,33H,13H2,1-4H3/t17-,26+/m0/s1. The highest BCUT2D eigenvalue weighted by Gasteiger charge is 2.48. The van der Waals surface area contributed by atoms with Crippen LogP contribution in [0.5, 0.6) is 11.5 Å². The van der Waals surface area contributed by atoms with E-state index < -0.39 is 17.7 Å². The zero-order valence-corrected chi connectivity index (χ0v) is 22.3. The first-order chi connectivity index (χ1) is 18.2. The van der Waals surface area contributed by atoms with Crippen LogP contribution in [-0.2, 0) is 16.0 Å². The summed E-state index contributed by atoms with van der Waals surface area (Å²) in [6, 6.07) is 15.7. The van der Waals surface area contributed by atoms with Crippen LogP contribution in [0.1, 0.15) is 40.8 Å². The van der Waals surface area contributed by atoms with Crippen molar-refractivity contribution >= 4 is 44.1 Å². The van der Waals surface area contributed by atoms with Crippen molar-refractivity contribution in [2.75, 3.05) is 12.0 Å². The van der Waals surface area contributed by atoms with Crippen molar-refractivity contribution in [3.05, 3.63) is 88.0 Å². The minimum Gasteiger partial charge on any atom is -0.507 e. The lowest BCUT2D eigenvalue weighted by Gasteiger charge is -2.23. The molecule has 1 N–H and O–H groups in total. The number of methoxy groups -OCH3 is 1. The molecule has 0 unspecified atom stereocenters. The van der Waals surface area contributed by atoms with E-state index in [-0.39, 0.29) is 17.4 Å². The van der Waals surface area contributed by atoms with Gasteiger partial charge in [0.15, 0.2) is 5.13 Å². The average molecular weight is 527 g/mol. The number of aromatic nitrogens is 1. The Bertz CT molecular complexity index is 1650. The first-order valence-corrected chi connectivity index (χ1v) is 13.2. The summed E-state index contributed by atoms with van der Waals surface area (Å²) < 4.78 is 12.0. The quantitative estimate of drug-likeness (QED) is 0.203. The lowest BCUT2D eigenvalue weighted by atomic mass is 9.94. The molecule has 2 aliphatic heterocycles. The summed E-state index contributed by atoms with van der Waals surface area (Å²) in [5.41, 5.74) is 4.99. The van der Waals surface area contributed by atoms with E-state index in [0.717, 1.165) is 32.7 Å². The van der Waals surface area contributed by atoms with Gasteiger partial charge in [-0.1, -0.05) is 29.5 Å². The summed E-state index contributed by atoms with van der Waals surface area (Å²) in [6.07, 6.45) is 0.746. The molecule has 3 aromatic carbocycles. The molecule has 1 fully saturated rings. The maximum Gasteiger partial charge on any atom is 0.301 e. The van der Waals surface area contributed by atoms with Gasteiger partial charge in [0.2, 0.25) is 0 Å². The molecule has 192 valence electrons. The minimum atomic E-state index is -0.855. The molecule has 0 saturated carbocycles. The molecule has 0 radical (unpaired) electrons. The molecule has 1 saturated heterocycles. The molecule has 3 heterocycles. The number of ketones is 1. The highest BCUT2D eigenvalue weighted by Crippen LogP contribution is 2.45. The first-order valence-electron chi connectivity index (χ1n) is 12.4. The van der Waals surface area contributed by atoms with Crippen LogP contribution >= 0.6 is 11.3 Å². The Morgan fingerprint density at radius 2 is 1.87 bits per heavy atom. The predicted molar refractivity (Wildman–Crippen MR) is 147 cm³/mol. The molecule has 8 heteroatoms. The van der Waals surface area contributed by atoms with Crippen LogP contribution in [0.3, 0.4) is 0 Å². The summed E-state index contributed by atoms with van der Waals surface area (Å²) in [5, 5.41) is 11.9. The number of aliphatic hydroxyl groups is 1. The lowest BCUT2D eigenvalue weighted by molar-refractivity contribution is -0.132. The molecule has 7 nitrogen and oxygen atoms in total. The van der Waals surface area contributed by atoms with Gasteiger partial charge in [-0.15, -0.1) is 0 Å². The number of benzene rings is 3. The van der Waals surface area contributed by atoms with E-state index in [0.29, 0.717) is 28.4 Å². The number of amides is 1. The molecule has 1 amide bonds. The van der Waals surface area contributed by atoms with Gasteiger partial charge >= 0.3 is 5.91 Å². The van der Waals surface area contributed by atoms with Crippen LogP contribution in [0.2, 0.25) is 0 Å². The SMILES string of the molecule is COc1ccc([C@@H]2C(=C(O)c3ccc4c(c3)C[C@H](C)O4)C(=O)C(=O)N2c2nc3c(C)cc(C)cc3s2)cc1. The second-order valence-electron chi connectivity index (χ2n) is 9.82. The molecular formula is C30H26N2O5S. The van der Waals surface area contributed by atoms with E-state index in [1.165, 1.54) is 16.2 Å². The Hall–Kier alpha value is -4.17. The van der Waals surface area contributed by atoms with E-state index in [4.69, 9.17) is 14.5 Å². The van der Waals surface area contributed by atoms with E-state index in [1.54, 1.807) is 43.5 Å². The molecule has 2 aliphatic rings. The third-order valence-corrected chi connectivity index (χ3v) is 8.07. The molecule has 2 atom stereocenters. The van der Waals surface area contributed by atoms with E-state index in [2.05, 4.69) is 0 Å². The van der Waals surface area contributed by atoms with Crippen LogP contribution in [0.25, 0.3) is 16.0 Å². The molecule has 0 aliphatic carbocycles. The van der Waals surface area contributed by atoms with Gasteiger partial charge in [-0.05, 0) is 79.4 Å². The van der Waals surface area contributed by atoms with Crippen molar-refractivity contribution in [3.8, 4) is 11.5 Å². The Balaban J connectivity index is 1.54. The fraction of sp³-hybridized carbons (Fsp3) is 0.233. The summed E-state index contributed by atoms with van der Waals surface area (Å²) in [6.45, 7) is 5.97. The number of ether oxygens (including phenoxy) is 2. The van der Waals surface area contributed by atoms with Crippen LogP contribution < -0.4 is 14.4 Å². The Kier molecular flexibility index (Phi) is 5.72. The Labute approximate surface area is 224 Å². The number of aliphatic hydroxyl groups excluding tert-OH is 1. The number of hydrogen-bond acceptors (Lipinski definition) is 7. The number of fused-ring (bicyclic) bond motifs is 2. The van der Waals surface area contributed by atoms with E-state index >= 15 is 0 Å². The molecular weight excluding hydrogens is 500 g/mol. The number of rotatable bonds is 4. The zero-order valence-electron chi connectivity index (χ0n) is 21.4. The van der Waals surface area contributed by atoms with Crippen LogP contribution in [-0.4, -0.2) is 35.0 Å². The summed E-state index contributed by atoms with van der Waals surface area (Å²) in [5.74, 6) is -0.285. The van der Waals surface area contributed by atoms with Crippen molar-refractivity contribution in [2.24, 2.45) is 0 Å². The number of hydrogen-bond donors (Lipinski definition) is 1. The van der Waals surface area contributed by atoms with Crippen molar-refractivity contribution in [2.45, 2.75) is 39.3 Å². The number of aryl methyl sites for hydroxylation is 2. The molecule has 1 aromatic heterocycles. The van der Waals surface area contributed by atoms with Crippen LogP contribution in [0.15, 0.2) is 60.2 Å². The number of Topliss-reactive ketones (excluding diaryl/α,β-unsaturated/α-hetero) is 1. The minimum absolute atomic E-state index is 0.0271. The van der Waals surface area contributed by atoms with Gasteiger partial charge in [0, 0.05) is 12.0 Å². The van der Waals surface area contributed by atoms with Gasteiger partial charge < -0.3 is 14.6 Å². The summed E-state index contributed by atoms with van der Waals surface area (Å²) in [7, 11) is 1.57. The van der Waals surface area contributed by atoms with Gasteiger partial charge in [-0.25, -0.2) is 4.98 Å². The zero-order chi connectivity index (χ0) is 26.7. The number of nitrogens with zero attached hydrogens (tertiary/aromatic N) is 2. The smallest absolute Gasteiger partial charge is 0.301 e. The second-order valence-corrected chi connectivity index (χ2v) is 10.8. The Morgan fingerprint density at radius 3 is 2.61 bits per heavy atom. The monoisotopic (exact) mass is 526 g/mol. The summed E-state index contributed by atoms with van der Waals surface area (Å²) in [4.78, 5) is 33.3. The fourth-order valence-electron chi connectivity index (χ4n) is 5.32. The normalized spacial score (nSPS) is 20.2. The second kappa shape index (κ2) is 8.99. The van der Waals surface area contributed by atoms with Crippen LogP contribution in [0.4, 0.5) is 5.13 Å². The van der Waals surface area contributed by atoms with Crippen molar-refractivity contribution < 1.29 is 24.2 Å². The molecule has 4 aromatic rings. The van der Waals surface area contributed by atoms with Gasteiger partial charge in [-0.2, -0.15) is 0 Å². The number of carbonyl (C=O) groups excluding carboxylic acids is 2. The molecule has 0 bridgehead atoms. The van der Waals surface area contributed by atoms with Gasteiger partial charge in [0.05, 0.1) is 28.9 Å². The molecule has 6 rings (SSSR count). The maximum absolute atomic E-state index is 13.6. The van der Waals surface area contributed by atoms with E-state index in [1.807, 2.05) is 39.0 Å². The molecule has 38 heavy (non-hydrogen) atoms. The Morgan fingerprint density at radius 1 is 1.11 bits per heavy atom. The summed E-state index contributed by atoms with van der Waals surface area (Å²) >= 11 is 1.36. The highest BCUT2D eigenvalue weighted by molar-refractivity contribution is 7.22. The van der Waals surface area contributed by atoms with Gasteiger partial charge in [0.1, 0.15) is 23.4 Å². The maximum atomic E-state index is 13.6. The van der Waals surface area contributed by atoms with Gasteiger partial charge in [-0.3, -0.25) is 14.5 Å². The topological polar surface area (TPSA) is 89.0 Å². The van der Waals surface area contributed by atoms with Crippen molar-refractivity contribution in [1.29, 1.82) is 0 Å². The van der Waals surface area contributed by atoms with Gasteiger partial charge in [0.25, 0.3) is 5.78 Å². The largest absolute Gasteiger partial charge is 0.507 e.